The number of anilines is 1. The highest BCUT2D eigenvalue weighted by molar-refractivity contribution is 7.99. The van der Waals surface area contributed by atoms with E-state index in [4.69, 9.17) is 16.1 Å². The van der Waals surface area contributed by atoms with Gasteiger partial charge < -0.3 is 14.7 Å². The summed E-state index contributed by atoms with van der Waals surface area (Å²) < 4.78 is 37.5. The quantitative estimate of drug-likeness (QED) is 0.293. The van der Waals surface area contributed by atoms with E-state index in [0.717, 1.165) is 43.7 Å². The molecule has 0 amide bonds. The van der Waals surface area contributed by atoms with Crippen LogP contribution >= 0.6 is 11.8 Å². The van der Waals surface area contributed by atoms with Gasteiger partial charge in [0.1, 0.15) is 35.6 Å². The van der Waals surface area contributed by atoms with Gasteiger partial charge in [-0.15, -0.1) is 6.42 Å². The third kappa shape index (κ3) is 4.31. The molecule has 0 spiro atoms. The normalized spacial score (nSPS) is 26.7. The summed E-state index contributed by atoms with van der Waals surface area (Å²) in [4.78, 5) is 18.6. The highest BCUT2D eigenvalue weighted by Crippen LogP contribution is 2.44. The van der Waals surface area contributed by atoms with Crippen molar-refractivity contribution in [1.82, 2.24) is 19.9 Å². The Hall–Kier alpha value is -3.68. The molecule has 4 atom stereocenters. The lowest BCUT2D eigenvalue weighted by molar-refractivity contribution is 0.107. The molecule has 0 saturated carbocycles. The number of hydrogen-bond acceptors (Lipinski definition) is 8. The molecule has 2 aromatic carbocycles. The van der Waals surface area contributed by atoms with Crippen LogP contribution in [0.1, 0.15) is 37.7 Å². The summed E-state index contributed by atoms with van der Waals surface area (Å²) in [6.45, 7) is 1.52. The standard InChI is InChI=1S/C33H31F2N5O2S/c1-2-19-5-3-6-20-11-24(41)12-25(27(19)20)29-28(35)30-26(14-36-29)31(40-22-7-8-23(40)17-43-16-22)38-32(37-30)42-18-33-9-4-10-39(33)15-21(34)13-33/h1,3,5-6,11-12,14,21-23,41H,4,7-10,13,15-18H2/t21-,22?,23?,33+/m1/s1. The maximum Gasteiger partial charge on any atom is 0.319 e. The molecule has 0 radical (unpaired) electrons. The Kier molecular flexibility index (Phi) is 6.39. The maximum atomic E-state index is 16.8. The van der Waals surface area contributed by atoms with Gasteiger partial charge in [0.25, 0.3) is 0 Å². The Labute approximate surface area is 252 Å². The number of hydrogen-bond donors (Lipinski definition) is 1. The van der Waals surface area contributed by atoms with Gasteiger partial charge in [0.2, 0.25) is 0 Å². The van der Waals surface area contributed by atoms with E-state index < -0.39 is 12.0 Å². The number of thioether (sulfide) groups is 1. The van der Waals surface area contributed by atoms with Gasteiger partial charge in [-0.25, -0.2) is 8.78 Å². The smallest absolute Gasteiger partial charge is 0.319 e. The van der Waals surface area contributed by atoms with Crippen LogP contribution in [0.15, 0.2) is 36.5 Å². The molecular weight excluding hydrogens is 568 g/mol. The molecule has 4 fully saturated rings. The Morgan fingerprint density at radius 1 is 1.19 bits per heavy atom. The molecule has 220 valence electrons. The summed E-state index contributed by atoms with van der Waals surface area (Å²) in [6, 6.07) is 9.17. The summed E-state index contributed by atoms with van der Waals surface area (Å²) in [5, 5.41) is 12.4. The summed E-state index contributed by atoms with van der Waals surface area (Å²) in [5.41, 5.74) is 0.729. The van der Waals surface area contributed by atoms with Crippen molar-refractivity contribution in [3.05, 3.63) is 47.9 Å². The van der Waals surface area contributed by atoms with Gasteiger partial charge in [0.05, 0.1) is 10.9 Å². The summed E-state index contributed by atoms with van der Waals surface area (Å²) >= 11 is 1.94. The molecule has 4 aromatic rings. The molecule has 2 unspecified atom stereocenters. The number of nitrogens with zero attached hydrogens (tertiary/aromatic N) is 5. The van der Waals surface area contributed by atoms with E-state index in [1.54, 1.807) is 24.4 Å². The molecule has 4 aliphatic heterocycles. The molecular formula is C33H31F2N5O2S. The molecule has 4 aliphatic rings. The topological polar surface area (TPSA) is 74.6 Å². The number of fused-ring (bicyclic) bond motifs is 5. The first kappa shape index (κ1) is 26.9. The van der Waals surface area contributed by atoms with E-state index in [0.29, 0.717) is 46.1 Å². The van der Waals surface area contributed by atoms with Crippen LogP contribution in [0.2, 0.25) is 0 Å². The number of alkyl halides is 1. The van der Waals surface area contributed by atoms with Crippen LogP contribution in [0.5, 0.6) is 11.8 Å². The number of halogens is 2. The van der Waals surface area contributed by atoms with Crippen LogP contribution in [0.3, 0.4) is 0 Å². The summed E-state index contributed by atoms with van der Waals surface area (Å²) in [6.07, 6.45) is 10.9. The number of phenols is 1. The summed E-state index contributed by atoms with van der Waals surface area (Å²) in [5.74, 6) is 4.62. The van der Waals surface area contributed by atoms with Gasteiger partial charge in [-0.2, -0.15) is 21.7 Å². The van der Waals surface area contributed by atoms with E-state index in [2.05, 4.69) is 25.7 Å². The first-order chi connectivity index (χ1) is 20.9. The largest absolute Gasteiger partial charge is 0.508 e. The fourth-order valence-corrected chi connectivity index (χ4v) is 9.15. The predicted octanol–water partition coefficient (Wildman–Crippen LogP) is 5.71. The van der Waals surface area contributed by atoms with Gasteiger partial charge in [-0.05, 0) is 55.8 Å². The van der Waals surface area contributed by atoms with Crippen molar-refractivity contribution >= 4 is 39.3 Å². The molecule has 2 bridgehead atoms. The first-order valence-electron chi connectivity index (χ1n) is 14.9. The third-order valence-electron chi connectivity index (χ3n) is 9.73. The first-order valence-corrected chi connectivity index (χ1v) is 16.1. The van der Waals surface area contributed by atoms with E-state index in [9.17, 15) is 9.50 Å². The Bertz CT molecular complexity index is 1800. The van der Waals surface area contributed by atoms with Crippen LogP contribution < -0.4 is 9.64 Å². The number of aromatic nitrogens is 3. The number of rotatable bonds is 5. The van der Waals surface area contributed by atoms with Crippen molar-refractivity contribution < 1.29 is 18.6 Å². The van der Waals surface area contributed by atoms with Gasteiger partial charge >= 0.3 is 6.01 Å². The zero-order valence-electron chi connectivity index (χ0n) is 23.6. The van der Waals surface area contributed by atoms with Crippen molar-refractivity contribution in [2.24, 2.45) is 0 Å². The second kappa shape index (κ2) is 10.2. The molecule has 0 aliphatic carbocycles. The fraction of sp³-hybridized carbons (Fsp3) is 0.424. The highest BCUT2D eigenvalue weighted by Gasteiger charge is 2.49. The Balaban J connectivity index is 1.29. The Morgan fingerprint density at radius 3 is 2.84 bits per heavy atom. The van der Waals surface area contributed by atoms with Crippen molar-refractivity contribution in [2.75, 3.05) is 36.1 Å². The van der Waals surface area contributed by atoms with Crippen LogP contribution in [-0.4, -0.2) is 80.0 Å². The average molecular weight is 600 g/mol. The van der Waals surface area contributed by atoms with Gasteiger partial charge in [-0.1, -0.05) is 18.1 Å². The maximum absolute atomic E-state index is 16.8. The van der Waals surface area contributed by atoms with Crippen LogP contribution in [0.25, 0.3) is 32.9 Å². The number of ether oxygens (including phenoxy) is 1. The number of benzene rings is 2. The van der Waals surface area contributed by atoms with Gasteiger partial charge in [0, 0.05) is 59.3 Å². The average Bonchev–Trinajstić information content (AvgIpc) is 3.61. The predicted molar refractivity (Wildman–Crippen MR) is 165 cm³/mol. The molecule has 7 nitrogen and oxygen atoms in total. The number of aromatic hydroxyl groups is 1. The molecule has 43 heavy (non-hydrogen) atoms. The van der Waals surface area contributed by atoms with E-state index in [1.165, 1.54) is 6.07 Å². The second-order valence-corrected chi connectivity index (χ2v) is 13.3. The van der Waals surface area contributed by atoms with Crippen LogP contribution in [-0.2, 0) is 0 Å². The minimum absolute atomic E-state index is 0.0177. The van der Waals surface area contributed by atoms with E-state index >= 15 is 4.39 Å². The molecule has 2 aromatic heterocycles. The van der Waals surface area contributed by atoms with E-state index in [1.807, 2.05) is 17.8 Å². The fourth-order valence-electron chi connectivity index (χ4n) is 7.81. The minimum Gasteiger partial charge on any atom is -0.508 e. The molecule has 10 heteroatoms. The Morgan fingerprint density at radius 2 is 2.02 bits per heavy atom. The zero-order chi connectivity index (χ0) is 29.3. The lowest BCUT2D eigenvalue weighted by Gasteiger charge is -2.36. The third-order valence-corrected chi connectivity index (χ3v) is 11.0. The highest BCUT2D eigenvalue weighted by atomic mass is 32.2. The van der Waals surface area contributed by atoms with E-state index in [-0.39, 0.29) is 47.2 Å². The number of pyridine rings is 1. The van der Waals surface area contributed by atoms with Crippen molar-refractivity contribution in [1.29, 1.82) is 0 Å². The van der Waals surface area contributed by atoms with Crippen molar-refractivity contribution in [3.8, 4) is 35.4 Å². The van der Waals surface area contributed by atoms with Gasteiger partial charge in [-0.3, -0.25) is 9.88 Å². The van der Waals surface area contributed by atoms with Crippen LogP contribution in [0, 0.1) is 18.2 Å². The molecule has 4 saturated heterocycles. The van der Waals surface area contributed by atoms with Crippen molar-refractivity contribution in [3.63, 3.8) is 0 Å². The lowest BCUT2D eigenvalue weighted by atomic mass is 9.95. The molecule has 8 rings (SSSR count). The monoisotopic (exact) mass is 599 g/mol. The van der Waals surface area contributed by atoms with Crippen LogP contribution in [0.4, 0.5) is 14.6 Å². The lowest BCUT2D eigenvalue weighted by Crippen LogP contribution is -2.44. The van der Waals surface area contributed by atoms with Crippen molar-refractivity contribution in [2.45, 2.75) is 55.9 Å². The molecule has 1 N–H and O–H groups in total. The summed E-state index contributed by atoms with van der Waals surface area (Å²) in [7, 11) is 0. The number of phenolic OH excluding ortho intramolecular Hbond substituents is 1. The molecule has 6 heterocycles. The second-order valence-electron chi connectivity index (χ2n) is 12.2. The number of terminal acetylenes is 1. The minimum atomic E-state index is -0.880. The SMILES string of the molecule is C#Cc1cccc2cc(O)cc(-c3ncc4c(N5C6CCC5CSC6)nc(OC[C@@]56CCCN5C[C@H](F)C6)nc4c3F)c12. The van der Waals surface area contributed by atoms with Gasteiger partial charge in [0.15, 0.2) is 5.82 Å². The zero-order valence-corrected chi connectivity index (χ0v) is 24.4.